The van der Waals surface area contributed by atoms with Gasteiger partial charge in [0.25, 0.3) is 0 Å². The summed E-state index contributed by atoms with van der Waals surface area (Å²) in [5.41, 5.74) is 0. The number of amides is 1. The van der Waals surface area contributed by atoms with Crippen molar-refractivity contribution in [1.82, 2.24) is 5.32 Å². The maximum Gasteiger partial charge on any atom is 0.223 e. The van der Waals surface area contributed by atoms with E-state index < -0.39 is 0 Å². The minimum absolute atomic E-state index is 0.248. The topological polar surface area (TPSA) is 29.1 Å². The summed E-state index contributed by atoms with van der Waals surface area (Å²) in [6.45, 7) is 9.56. The molecular weight excluding hydrogens is 198 g/mol. The van der Waals surface area contributed by atoms with Crippen LogP contribution < -0.4 is 5.32 Å². The molecule has 0 aromatic rings. The van der Waals surface area contributed by atoms with Crippen molar-refractivity contribution in [1.29, 1.82) is 0 Å². The van der Waals surface area contributed by atoms with E-state index in [0.717, 1.165) is 13.0 Å². The smallest absolute Gasteiger partial charge is 0.223 e. The van der Waals surface area contributed by atoms with Gasteiger partial charge < -0.3 is 5.32 Å². The molecule has 1 amide bonds. The second-order valence-corrected chi connectivity index (χ2v) is 5.68. The molecule has 0 spiro atoms. The van der Waals surface area contributed by atoms with Gasteiger partial charge in [-0.2, -0.15) is 0 Å². The van der Waals surface area contributed by atoms with Gasteiger partial charge in [0.15, 0.2) is 0 Å². The number of hydrogen-bond acceptors (Lipinski definition) is 1. The Hall–Kier alpha value is -0.530. The molecule has 3 atom stereocenters. The van der Waals surface area contributed by atoms with Crippen LogP contribution in [0.15, 0.2) is 0 Å². The summed E-state index contributed by atoms with van der Waals surface area (Å²) in [6.07, 6.45) is 4.89. The molecule has 2 nitrogen and oxygen atoms in total. The van der Waals surface area contributed by atoms with E-state index in [4.69, 9.17) is 0 Å². The Morgan fingerprint density at radius 1 is 1.38 bits per heavy atom. The van der Waals surface area contributed by atoms with Crippen molar-refractivity contribution in [3.05, 3.63) is 0 Å². The lowest BCUT2D eigenvalue weighted by atomic mass is 9.78. The standard InChI is InChI=1S/C14H27NO/c1-5-15-14(16)13-9-11(4)7-6-8-12(13)10(2)3/h10-13H,5-9H2,1-4H3,(H,15,16). The minimum atomic E-state index is 0.248. The second-order valence-electron chi connectivity index (χ2n) is 5.68. The zero-order valence-electron chi connectivity index (χ0n) is 11.3. The maximum absolute atomic E-state index is 12.1. The van der Waals surface area contributed by atoms with E-state index in [1.807, 2.05) is 6.92 Å². The lowest BCUT2D eigenvalue weighted by Crippen LogP contribution is -2.36. The van der Waals surface area contributed by atoms with Crippen LogP contribution in [0.5, 0.6) is 0 Å². The van der Waals surface area contributed by atoms with E-state index in [2.05, 4.69) is 26.1 Å². The van der Waals surface area contributed by atoms with Crippen molar-refractivity contribution in [3.63, 3.8) is 0 Å². The van der Waals surface area contributed by atoms with Gasteiger partial charge in [-0.05, 0) is 37.5 Å². The fraction of sp³-hybridized carbons (Fsp3) is 0.929. The molecule has 2 heteroatoms. The van der Waals surface area contributed by atoms with E-state index in [0.29, 0.717) is 17.8 Å². The van der Waals surface area contributed by atoms with Crippen LogP contribution in [0, 0.1) is 23.7 Å². The van der Waals surface area contributed by atoms with Gasteiger partial charge in [0.1, 0.15) is 0 Å². The molecule has 1 rings (SSSR count). The van der Waals surface area contributed by atoms with Gasteiger partial charge in [0, 0.05) is 12.5 Å². The van der Waals surface area contributed by atoms with Crippen molar-refractivity contribution in [3.8, 4) is 0 Å². The molecule has 0 aromatic heterocycles. The average molecular weight is 225 g/mol. The second kappa shape index (κ2) is 6.27. The molecular formula is C14H27NO. The number of hydrogen-bond donors (Lipinski definition) is 1. The van der Waals surface area contributed by atoms with Crippen molar-refractivity contribution in [2.45, 2.75) is 53.4 Å². The lowest BCUT2D eigenvalue weighted by molar-refractivity contribution is -0.127. The average Bonchev–Trinajstić information content (AvgIpc) is 2.40. The molecule has 16 heavy (non-hydrogen) atoms. The minimum Gasteiger partial charge on any atom is -0.356 e. The fourth-order valence-corrected chi connectivity index (χ4v) is 3.03. The molecule has 1 aliphatic carbocycles. The van der Waals surface area contributed by atoms with Crippen LogP contribution in [0.2, 0.25) is 0 Å². The third-order valence-electron chi connectivity index (χ3n) is 3.95. The van der Waals surface area contributed by atoms with E-state index in [1.54, 1.807) is 0 Å². The van der Waals surface area contributed by atoms with Gasteiger partial charge in [-0.1, -0.05) is 33.6 Å². The molecule has 0 heterocycles. The monoisotopic (exact) mass is 225 g/mol. The molecule has 0 aliphatic heterocycles. The first-order chi connectivity index (χ1) is 7.56. The van der Waals surface area contributed by atoms with Crippen molar-refractivity contribution >= 4 is 5.91 Å². The molecule has 94 valence electrons. The van der Waals surface area contributed by atoms with Crippen molar-refractivity contribution in [2.75, 3.05) is 6.54 Å². The van der Waals surface area contributed by atoms with E-state index in [1.165, 1.54) is 19.3 Å². The highest BCUT2D eigenvalue weighted by Crippen LogP contribution is 2.36. The van der Waals surface area contributed by atoms with Crippen LogP contribution in [0.25, 0.3) is 0 Å². The molecule has 3 unspecified atom stereocenters. The Kier molecular flexibility index (Phi) is 5.30. The molecule has 0 saturated heterocycles. The zero-order chi connectivity index (χ0) is 12.1. The number of nitrogens with one attached hydrogen (secondary N) is 1. The predicted molar refractivity (Wildman–Crippen MR) is 68.1 cm³/mol. The highest BCUT2D eigenvalue weighted by molar-refractivity contribution is 5.79. The summed E-state index contributed by atoms with van der Waals surface area (Å²) < 4.78 is 0. The molecule has 1 fully saturated rings. The summed E-state index contributed by atoms with van der Waals surface area (Å²) in [4.78, 5) is 12.1. The van der Waals surface area contributed by atoms with Crippen LogP contribution in [-0.4, -0.2) is 12.5 Å². The third kappa shape index (κ3) is 3.50. The SMILES string of the molecule is CCNC(=O)C1CC(C)CCCC1C(C)C. The van der Waals surface area contributed by atoms with Gasteiger partial charge >= 0.3 is 0 Å². The van der Waals surface area contributed by atoms with Crippen LogP contribution in [0.1, 0.15) is 53.4 Å². The van der Waals surface area contributed by atoms with Crippen LogP contribution in [0.3, 0.4) is 0 Å². The van der Waals surface area contributed by atoms with Gasteiger partial charge in [-0.25, -0.2) is 0 Å². The summed E-state index contributed by atoms with van der Waals surface area (Å²) in [5, 5.41) is 3.01. The predicted octanol–water partition coefficient (Wildman–Crippen LogP) is 3.22. The molecule has 0 bridgehead atoms. The molecule has 0 radical (unpaired) electrons. The summed E-state index contributed by atoms with van der Waals surface area (Å²) >= 11 is 0. The summed E-state index contributed by atoms with van der Waals surface area (Å²) in [6, 6.07) is 0. The van der Waals surface area contributed by atoms with Gasteiger partial charge in [-0.15, -0.1) is 0 Å². The third-order valence-corrected chi connectivity index (χ3v) is 3.95. The normalized spacial score (nSPS) is 31.2. The highest BCUT2D eigenvalue weighted by Gasteiger charge is 2.33. The Bertz CT molecular complexity index is 225. The maximum atomic E-state index is 12.1. The Labute approximate surface area is 100 Å². The van der Waals surface area contributed by atoms with Crippen LogP contribution in [0.4, 0.5) is 0 Å². The van der Waals surface area contributed by atoms with Crippen LogP contribution in [-0.2, 0) is 4.79 Å². The van der Waals surface area contributed by atoms with E-state index in [9.17, 15) is 4.79 Å². The first kappa shape index (κ1) is 13.5. The van der Waals surface area contributed by atoms with E-state index in [-0.39, 0.29) is 11.8 Å². The zero-order valence-corrected chi connectivity index (χ0v) is 11.3. The molecule has 1 N–H and O–H groups in total. The number of rotatable bonds is 3. The number of carbonyl (C=O) groups excluding carboxylic acids is 1. The Morgan fingerprint density at radius 3 is 2.62 bits per heavy atom. The van der Waals surface area contributed by atoms with Gasteiger partial charge in [0.2, 0.25) is 5.91 Å². The molecule has 1 saturated carbocycles. The summed E-state index contributed by atoms with van der Waals surface area (Å²) in [5.74, 6) is 2.44. The quantitative estimate of drug-likeness (QED) is 0.734. The Balaban J connectivity index is 2.74. The van der Waals surface area contributed by atoms with Gasteiger partial charge in [0.05, 0.1) is 0 Å². The van der Waals surface area contributed by atoms with Crippen molar-refractivity contribution < 1.29 is 4.79 Å². The Morgan fingerprint density at radius 2 is 2.06 bits per heavy atom. The summed E-state index contributed by atoms with van der Waals surface area (Å²) in [7, 11) is 0. The largest absolute Gasteiger partial charge is 0.356 e. The van der Waals surface area contributed by atoms with Crippen molar-refractivity contribution in [2.24, 2.45) is 23.7 Å². The first-order valence-electron chi connectivity index (χ1n) is 6.84. The first-order valence-corrected chi connectivity index (χ1v) is 6.84. The fourth-order valence-electron chi connectivity index (χ4n) is 3.03. The van der Waals surface area contributed by atoms with Gasteiger partial charge in [-0.3, -0.25) is 4.79 Å². The molecule has 1 aliphatic rings. The highest BCUT2D eigenvalue weighted by atomic mass is 16.1. The number of carbonyl (C=O) groups is 1. The molecule has 0 aromatic carbocycles. The van der Waals surface area contributed by atoms with E-state index >= 15 is 0 Å². The van der Waals surface area contributed by atoms with Crippen LogP contribution >= 0.6 is 0 Å². The lowest BCUT2D eigenvalue weighted by Gasteiger charge is -2.28.